The highest BCUT2D eigenvalue weighted by Crippen LogP contribution is 2.47. The number of likely N-dealkylation sites (N-methyl/N-ethyl adjacent to an activating group) is 1. The lowest BCUT2D eigenvalue weighted by Gasteiger charge is -2.25. The zero-order valence-corrected chi connectivity index (χ0v) is 18.3. The number of nitrogens with zero attached hydrogens (tertiary/aromatic N) is 2. The topological polar surface area (TPSA) is 53.0 Å². The molecule has 0 spiro atoms. The number of hydrogen-bond donors (Lipinski definition) is 1. The van der Waals surface area contributed by atoms with Gasteiger partial charge in [0, 0.05) is 24.4 Å². The third-order valence-corrected chi connectivity index (χ3v) is 6.75. The summed E-state index contributed by atoms with van der Waals surface area (Å²) in [5, 5.41) is 13.2. The molecular formula is C24H26N2O3S. The van der Waals surface area contributed by atoms with E-state index in [-0.39, 0.29) is 11.7 Å². The fourth-order valence-corrected chi connectivity index (χ4v) is 5.02. The summed E-state index contributed by atoms with van der Waals surface area (Å²) >= 11 is 1.49. The fourth-order valence-electron chi connectivity index (χ4n) is 3.75. The van der Waals surface area contributed by atoms with Crippen LogP contribution >= 0.6 is 11.8 Å². The molecule has 4 rings (SSSR count). The van der Waals surface area contributed by atoms with Crippen molar-refractivity contribution in [3.8, 4) is 0 Å². The Morgan fingerprint density at radius 3 is 2.63 bits per heavy atom. The minimum absolute atomic E-state index is 0.181. The average molecular weight is 423 g/mol. The molecule has 0 fully saturated rings. The zero-order chi connectivity index (χ0) is 21.3. The molecule has 0 radical (unpaired) electrons. The molecule has 2 aromatic carbocycles. The Balaban J connectivity index is 1.87. The third kappa shape index (κ3) is 3.85. The Labute approximate surface area is 181 Å². The molecule has 0 saturated carbocycles. The average Bonchev–Trinajstić information content (AvgIpc) is 2.87. The molecular weight excluding hydrogens is 396 g/mol. The molecule has 0 bridgehead atoms. The third-order valence-electron chi connectivity index (χ3n) is 5.45. The summed E-state index contributed by atoms with van der Waals surface area (Å²) in [6.07, 6.45) is 5.34. The van der Waals surface area contributed by atoms with E-state index in [2.05, 4.69) is 12.1 Å². The number of amides is 1. The van der Waals surface area contributed by atoms with Crippen LogP contribution in [0.3, 0.4) is 0 Å². The zero-order valence-electron chi connectivity index (χ0n) is 17.5. The van der Waals surface area contributed by atoms with Gasteiger partial charge in [0.05, 0.1) is 23.5 Å². The van der Waals surface area contributed by atoms with Crippen molar-refractivity contribution < 1.29 is 14.6 Å². The smallest absolute Gasteiger partial charge is 0.294 e. The summed E-state index contributed by atoms with van der Waals surface area (Å²) in [6, 6.07) is 12.2. The number of carbonyl (C=O) groups excluding carboxylic acids is 1. The van der Waals surface area contributed by atoms with Crippen LogP contribution in [0.1, 0.15) is 12.8 Å². The largest absolute Gasteiger partial charge is 0.502 e. The number of hydrogen-bond acceptors (Lipinski definition) is 5. The van der Waals surface area contributed by atoms with Crippen LogP contribution in [0.15, 0.2) is 75.4 Å². The van der Waals surface area contributed by atoms with Gasteiger partial charge >= 0.3 is 0 Å². The van der Waals surface area contributed by atoms with Gasteiger partial charge in [-0.25, -0.2) is 0 Å². The Hall–Kier alpha value is -2.70. The maximum atomic E-state index is 13.3. The number of ether oxygens (including phenoxy) is 1. The Bertz CT molecular complexity index is 1090. The van der Waals surface area contributed by atoms with Gasteiger partial charge in [-0.3, -0.25) is 4.79 Å². The monoisotopic (exact) mass is 422 g/mol. The number of rotatable bonds is 5. The molecule has 1 aliphatic heterocycles. The lowest BCUT2D eigenvalue weighted by atomic mass is 10.0. The normalized spacial score (nSPS) is 17.1. The van der Waals surface area contributed by atoms with Crippen molar-refractivity contribution in [2.24, 2.45) is 0 Å². The van der Waals surface area contributed by atoms with Crippen molar-refractivity contribution in [1.29, 1.82) is 0 Å². The number of carbonyl (C=O) groups is 1. The lowest BCUT2D eigenvalue weighted by molar-refractivity contribution is -0.117. The van der Waals surface area contributed by atoms with E-state index in [4.69, 9.17) is 4.74 Å². The molecule has 1 heterocycles. The summed E-state index contributed by atoms with van der Waals surface area (Å²) in [7, 11) is 5.62. The van der Waals surface area contributed by atoms with Crippen LogP contribution in [0.4, 0.5) is 5.69 Å². The second-order valence-corrected chi connectivity index (χ2v) is 8.72. The summed E-state index contributed by atoms with van der Waals surface area (Å²) in [5.74, 6) is 0.373. The van der Waals surface area contributed by atoms with Gasteiger partial charge in [0.1, 0.15) is 0 Å². The van der Waals surface area contributed by atoms with Gasteiger partial charge in [0.25, 0.3) is 5.91 Å². The van der Waals surface area contributed by atoms with Crippen LogP contribution in [-0.4, -0.2) is 50.2 Å². The van der Waals surface area contributed by atoms with E-state index in [1.165, 1.54) is 11.8 Å². The second-order valence-electron chi connectivity index (χ2n) is 7.70. The van der Waals surface area contributed by atoms with Crippen molar-refractivity contribution >= 4 is 34.1 Å². The number of aliphatic hydroxyl groups is 1. The number of aliphatic hydroxyl groups excluding tert-OH is 1. The van der Waals surface area contributed by atoms with Gasteiger partial charge in [-0.05, 0) is 49.0 Å². The standard InChI is InChI=1S/C24H26N2O3S/c1-25(2)14-15-26-20-13-10-16-6-4-5-7-19(16)23(20)30-22(21(27)24(26)28)17-8-11-18(29-3)12-9-17/h4-8,10-11,13,27H,9,12,14-15H2,1-3H3. The number of methoxy groups -OCH3 is 1. The van der Waals surface area contributed by atoms with Gasteiger partial charge in [-0.1, -0.05) is 48.2 Å². The summed E-state index contributed by atoms with van der Waals surface area (Å²) in [4.78, 5) is 18.7. The van der Waals surface area contributed by atoms with Crippen molar-refractivity contribution in [2.75, 3.05) is 39.2 Å². The second kappa shape index (κ2) is 8.58. The summed E-state index contributed by atoms with van der Waals surface area (Å²) in [6.45, 7) is 1.20. The van der Waals surface area contributed by atoms with E-state index >= 15 is 0 Å². The molecule has 0 unspecified atom stereocenters. The molecule has 1 N–H and O–H groups in total. The number of allylic oxidation sites excluding steroid dienone is 4. The maximum Gasteiger partial charge on any atom is 0.294 e. The molecule has 2 aromatic rings. The van der Waals surface area contributed by atoms with E-state index in [1.807, 2.05) is 55.4 Å². The summed E-state index contributed by atoms with van der Waals surface area (Å²) < 4.78 is 5.34. The molecule has 0 saturated heterocycles. The van der Waals surface area contributed by atoms with Crippen LogP contribution in [-0.2, 0) is 9.53 Å². The minimum atomic E-state index is -0.351. The van der Waals surface area contributed by atoms with Gasteiger partial charge < -0.3 is 19.6 Å². The molecule has 2 aliphatic rings. The van der Waals surface area contributed by atoms with Crippen LogP contribution in [0.5, 0.6) is 0 Å². The first-order valence-corrected chi connectivity index (χ1v) is 10.8. The van der Waals surface area contributed by atoms with Crippen LogP contribution < -0.4 is 4.90 Å². The first kappa shape index (κ1) is 20.6. The Morgan fingerprint density at radius 1 is 1.13 bits per heavy atom. The lowest BCUT2D eigenvalue weighted by Crippen LogP contribution is -2.37. The maximum absolute atomic E-state index is 13.3. The molecule has 0 aromatic heterocycles. The van der Waals surface area contributed by atoms with Gasteiger partial charge in [0.2, 0.25) is 0 Å². The predicted octanol–water partition coefficient (Wildman–Crippen LogP) is 4.86. The van der Waals surface area contributed by atoms with E-state index in [1.54, 1.807) is 12.0 Å². The minimum Gasteiger partial charge on any atom is -0.502 e. The molecule has 30 heavy (non-hydrogen) atoms. The highest BCUT2D eigenvalue weighted by molar-refractivity contribution is 8.03. The van der Waals surface area contributed by atoms with Crippen LogP contribution in [0.25, 0.3) is 10.8 Å². The summed E-state index contributed by atoms with van der Waals surface area (Å²) in [5.41, 5.74) is 1.80. The van der Waals surface area contributed by atoms with E-state index in [0.717, 1.165) is 45.5 Å². The number of anilines is 1. The van der Waals surface area contributed by atoms with Gasteiger partial charge in [-0.2, -0.15) is 0 Å². The quantitative estimate of drug-likeness (QED) is 0.746. The highest BCUT2D eigenvalue weighted by atomic mass is 32.2. The van der Waals surface area contributed by atoms with E-state index in [0.29, 0.717) is 18.0 Å². The Kier molecular flexibility index (Phi) is 5.88. The molecule has 0 atom stereocenters. The first-order valence-electron chi connectivity index (χ1n) is 10.0. The molecule has 1 aliphatic carbocycles. The van der Waals surface area contributed by atoms with Crippen LogP contribution in [0, 0.1) is 0 Å². The molecule has 156 valence electrons. The van der Waals surface area contributed by atoms with Crippen molar-refractivity contribution in [2.45, 2.75) is 17.7 Å². The Morgan fingerprint density at radius 2 is 1.93 bits per heavy atom. The van der Waals surface area contributed by atoms with Crippen LogP contribution in [0.2, 0.25) is 0 Å². The SMILES string of the molecule is COC1=CC=C(C2=C(O)C(=O)N(CCN(C)C)c3ccc4ccccc4c3S2)CC1. The van der Waals surface area contributed by atoms with E-state index in [9.17, 15) is 9.90 Å². The number of fused-ring (bicyclic) bond motifs is 3. The van der Waals surface area contributed by atoms with Gasteiger partial charge in [0.15, 0.2) is 5.76 Å². The first-order chi connectivity index (χ1) is 14.5. The van der Waals surface area contributed by atoms with Gasteiger partial charge in [-0.15, -0.1) is 0 Å². The molecule has 6 heteroatoms. The van der Waals surface area contributed by atoms with Crippen molar-refractivity contribution in [1.82, 2.24) is 4.90 Å². The predicted molar refractivity (Wildman–Crippen MR) is 123 cm³/mol. The number of benzene rings is 2. The molecule has 1 amide bonds. The van der Waals surface area contributed by atoms with E-state index < -0.39 is 0 Å². The van der Waals surface area contributed by atoms with Crippen molar-refractivity contribution in [3.63, 3.8) is 0 Å². The highest BCUT2D eigenvalue weighted by Gasteiger charge is 2.32. The number of thioether (sulfide) groups is 1. The fraction of sp³-hybridized carbons (Fsp3) is 0.292. The molecule has 5 nitrogen and oxygen atoms in total. The van der Waals surface area contributed by atoms with Crippen molar-refractivity contribution in [3.05, 3.63) is 70.5 Å².